The van der Waals surface area contributed by atoms with Crippen LogP contribution in [-0.2, 0) is 21.4 Å². The third-order valence-electron chi connectivity index (χ3n) is 4.79. The van der Waals surface area contributed by atoms with Gasteiger partial charge in [-0.05, 0) is 57.7 Å². The Labute approximate surface area is 151 Å². The number of hydrogen-bond acceptors (Lipinski definition) is 4. The highest BCUT2D eigenvalue weighted by molar-refractivity contribution is 7.98. The largest absolute Gasteiger partial charge is 0.386 e. The Morgan fingerprint density at radius 1 is 1.08 bits per heavy atom. The lowest BCUT2D eigenvalue weighted by Crippen LogP contribution is -2.01. The molecule has 2 aromatic rings. The number of allylic oxidation sites excluding steroid dienone is 2. The summed E-state index contributed by atoms with van der Waals surface area (Å²) < 4.78 is 7.00. The normalized spacial score (nSPS) is 16.6. The lowest BCUT2D eigenvalue weighted by molar-refractivity contribution is -0.149. The van der Waals surface area contributed by atoms with Gasteiger partial charge in [0.25, 0.3) is 0 Å². The Balaban J connectivity index is 2.39. The molecule has 0 N–H and O–H groups in total. The van der Waals surface area contributed by atoms with E-state index in [1.54, 1.807) is 11.8 Å². The van der Waals surface area contributed by atoms with Crippen LogP contribution in [0.25, 0.3) is 16.5 Å². The molecule has 130 valence electrons. The summed E-state index contributed by atoms with van der Waals surface area (Å²) in [6.07, 6.45) is 2.04. The van der Waals surface area contributed by atoms with Crippen LogP contribution in [-0.4, -0.2) is 22.8 Å². The first-order valence-corrected chi connectivity index (χ1v) is 9.29. The number of nitrogens with zero attached hydrogens (tertiary/aromatic N) is 1. The fourth-order valence-electron chi connectivity index (χ4n) is 3.46. The van der Waals surface area contributed by atoms with E-state index in [2.05, 4.69) is 22.8 Å². The smallest absolute Gasteiger partial charge is 0.347 e. The van der Waals surface area contributed by atoms with E-state index < -0.39 is 11.9 Å². The van der Waals surface area contributed by atoms with E-state index in [1.165, 1.54) is 0 Å². The number of benzene rings is 1. The van der Waals surface area contributed by atoms with Crippen LogP contribution in [0.15, 0.2) is 39.8 Å². The predicted octanol–water partition coefficient (Wildman–Crippen LogP) is 4.40. The average molecular weight is 355 g/mol. The maximum Gasteiger partial charge on any atom is 0.347 e. The summed E-state index contributed by atoms with van der Waals surface area (Å²) in [6.45, 7) is 7.57. The van der Waals surface area contributed by atoms with Crippen LogP contribution in [0.1, 0.15) is 32.0 Å². The quantitative estimate of drug-likeness (QED) is 0.347. The molecule has 1 fully saturated rings. The molecule has 1 aromatic carbocycles. The van der Waals surface area contributed by atoms with Crippen molar-refractivity contribution >= 4 is 40.2 Å². The molecule has 0 bridgehead atoms. The summed E-state index contributed by atoms with van der Waals surface area (Å²) in [5, 5.41) is 1.08. The first-order valence-electron chi connectivity index (χ1n) is 8.06. The lowest BCUT2D eigenvalue weighted by Gasteiger charge is -2.07. The monoisotopic (exact) mass is 355 g/mol. The van der Waals surface area contributed by atoms with E-state index >= 15 is 0 Å². The number of aromatic nitrogens is 1. The van der Waals surface area contributed by atoms with E-state index in [1.807, 2.05) is 41.0 Å². The van der Waals surface area contributed by atoms with E-state index in [4.69, 9.17) is 4.74 Å². The van der Waals surface area contributed by atoms with Gasteiger partial charge in [0.1, 0.15) is 0 Å². The van der Waals surface area contributed by atoms with E-state index in [-0.39, 0.29) is 0 Å². The van der Waals surface area contributed by atoms with Gasteiger partial charge >= 0.3 is 11.9 Å². The SMILES string of the molecule is CSc1ccc2c(c1)c(/C(C)=C1\C(=O)OC(=O)C1=C(C)C)c(C)n2C. The van der Waals surface area contributed by atoms with Gasteiger partial charge in [-0.3, -0.25) is 0 Å². The van der Waals surface area contributed by atoms with Crippen molar-refractivity contribution in [1.29, 1.82) is 0 Å². The Kier molecular flexibility index (Phi) is 4.37. The molecule has 0 atom stereocenters. The minimum absolute atomic E-state index is 0.384. The van der Waals surface area contributed by atoms with Crippen molar-refractivity contribution < 1.29 is 14.3 Å². The zero-order chi connectivity index (χ0) is 18.5. The molecule has 0 saturated carbocycles. The number of carbonyl (C=O) groups is 2. The maximum absolute atomic E-state index is 12.3. The summed E-state index contributed by atoms with van der Waals surface area (Å²) in [5.74, 6) is -1.11. The summed E-state index contributed by atoms with van der Waals surface area (Å²) in [5.41, 5.74) is 5.49. The summed E-state index contributed by atoms with van der Waals surface area (Å²) in [7, 11) is 2.01. The fourth-order valence-corrected chi connectivity index (χ4v) is 3.90. The zero-order valence-corrected chi connectivity index (χ0v) is 16.1. The number of cyclic esters (lactones) is 2. The second kappa shape index (κ2) is 6.23. The molecule has 1 saturated heterocycles. The highest BCUT2D eigenvalue weighted by Crippen LogP contribution is 2.38. The first-order chi connectivity index (χ1) is 11.8. The zero-order valence-electron chi connectivity index (χ0n) is 15.3. The Morgan fingerprint density at radius 3 is 2.32 bits per heavy atom. The van der Waals surface area contributed by atoms with Gasteiger partial charge < -0.3 is 9.30 Å². The third kappa shape index (κ3) is 2.63. The molecule has 1 aliphatic rings. The Morgan fingerprint density at radius 2 is 1.72 bits per heavy atom. The van der Waals surface area contributed by atoms with Crippen LogP contribution in [0.2, 0.25) is 0 Å². The molecule has 3 rings (SSSR count). The van der Waals surface area contributed by atoms with E-state index in [9.17, 15) is 9.59 Å². The van der Waals surface area contributed by atoms with Gasteiger partial charge in [0.05, 0.1) is 11.1 Å². The van der Waals surface area contributed by atoms with Crippen molar-refractivity contribution in [3.63, 3.8) is 0 Å². The molecule has 4 nitrogen and oxygen atoms in total. The number of rotatable bonds is 2. The van der Waals surface area contributed by atoms with Crippen LogP contribution in [0.3, 0.4) is 0 Å². The minimum Gasteiger partial charge on any atom is -0.386 e. The van der Waals surface area contributed by atoms with Crippen molar-refractivity contribution in [3.05, 3.63) is 46.2 Å². The van der Waals surface area contributed by atoms with Crippen LogP contribution in [0.4, 0.5) is 0 Å². The Bertz CT molecular complexity index is 988. The molecule has 0 spiro atoms. The van der Waals surface area contributed by atoms with Crippen LogP contribution < -0.4 is 0 Å². The van der Waals surface area contributed by atoms with Gasteiger partial charge in [0.15, 0.2) is 0 Å². The van der Waals surface area contributed by atoms with Gasteiger partial charge in [-0.1, -0.05) is 5.57 Å². The van der Waals surface area contributed by atoms with Crippen molar-refractivity contribution in [2.75, 3.05) is 6.26 Å². The number of ether oxygens (including phenoxy) is 1. The predicted molar refractivity (Wildman–Crippen MR) is 102 cm³/mol. The minimum atomic E-state index is -0.559. The second-order valence-corrected chi connectivity index (χ2v) is 7.33. The summed E-state index contributed by atoms with van der Waals surface area (Å²) >= 11 is 1.68. The Hall–Kier alpha value is -2.27. The molecule has 1 aliphatic heterocycles. The standard InChI is InChI=1S/C20H21NO3S/c1-10(2)16-18(20(23)24-19(16)22)11(3)17-12(4)21(5)15-8-7-13(25-6)9-14(15)17/h7-9H,1-6H3/b18-11-. The number of fused-ring (bicyclic) bond motifs is 1. The highest BCUT2D eigenvalue weighted by atomic mass is 32.2. The van der Waals surface area contributed by atoms with Gasteiger partial charge in [-0.2, -0.15) is 0 Å². The van der Waals surface area contributed by atoms with E-state index in [0.717, 1.165) is 38.2 Å². The van der Waals surface area contributed by atoms with Crippen LogP contribution in [0, 0.1) is 6.92 Å². The summed E-state index contributed by atoms with van der Waals surface area (Å²) in [4.78, 5) is 25.6. The molecule has 5 heteroatoms. The van der Waals surface area contributed by atoms with Crippen molar-refractivity contribution in [2.45, 2.75) is 32.6 Å². The first kappa shape index (κ1) is 17.5. The lowest BCUT2D eigenvalue weighted by atomic mass is 9.93. The molecule has 0 amide bonds. The number of aryl methyl sites for hydroxylation is 1. The molecule has 1 aromatic heterocycles. The summed E-state index contributed by atoms with van der Waals surface area (Å²) in [6, 6.07) is 6.32. The highest BCUT2D eigenvalue weighted by Gasteiger charge is 2.36. The topological polar surface area (TPSA) is 48.3 Å². The molecule has 0 radical (unpaired) electrons. The van der Waals surface area contributed by atoms with Crippen LogP contribution >= 0.6 is 11.8 Å². The number of hydrogen-bond donors (Lipinski definition) is 0. The van der Waals surface area contributed by atoms with Gasteiger partial charge in [0.2, 0.25) is 0 Å². The number of carbonyl (C=O) groups excluding carboxylic acids is 2. The number of esters is 2. The third-order valence-corrected chi connectivity index (χ3v) is 5.52. The second-order valence-electron chi connectivity index (χ2n) is 6.45. The average Bonchev–Trinajstić information content (AvgIpc) is 3.00. The van der Waals surface area contributed by atoms with Crippen molar-refractivity contribution in [3.8, 4) is 0 Å². The van der Waals surface area contributed by atoms with Crippen molar-refractivity contribution in [2.24, 2.45) is 7.05 Å². The maximum atomic E-state index is 12.3. The molecule has 25 heavy (non-hydrogen) atoms. The van der Waals surface area contributed by atoms with Gasteiger partial charge in [0, 0.05) is 34.1 Å². The van der Waals surface area contributed by atoms with Crippen LogP contribution in [0.5, 0.6) is 0 Å². The molecule has 0 aliphatic carbocycles. The molecular weight excluding hydrogens is 334 g/mol. The molecule has 0 unspecified atom stereocenters. The molecule has 2 heterocycles. The number of thioether (sulfide) groups is 1. The van der Waals surface area contributed by atoms with E-state index in [0.29, 0.717) is 11.1 Å². The molecular formula is C20H21NO3S. The van der Waals surface area contributed by atoms with Gasteiger partial charge in [-0.25, -0.2) is 9.59 Å². The van der Waals surface area contributed by atoms with Crippen molar-refractivity contribution in [1.82, 2.24) is 4.57 Å². The van der Waals surface area contributed by atoms with Gasteiger partial charge in [-0.15, -0.1) is 11.8 Å². The fraction of sp³-hybridized carbons (Fsp3) is 0.300.